The predicted molar refractivity (Wildman–Crippen MR) is 61.1 cm³/mol. The van der Waals surface area contributed by atoms with Crippen LogP contribution < -0.4 is 4.84 Å². The second-order valence-corrected chi connectivity index (χ2v) is 4.02. The Morgan fingerprint density at radius 3 is 1.69 bits per heavy atom. The van der Waals surface area contributed by atoms with Crippen LogP contribution in [0.4, 0.5) is 0 Å². The molecule has 0 aliphatic carbocycles. The van der Waals surface area contributed by atoms with E-state index >= 15 is 0 Å². The van der Waals surface area contributed by atoms with Crippen LogP contribution in [0.5, 0.6) is 0 Å². The fourth-order valence-electron chi connectivity index (χ4n) is 1.53. The second-order valence-electron chi connectivity index (χ2n) is 3.80. The molecule has 0 radical (unpaired) electrons. The number of rotatable bonds is 9. The Labute approximate surface area is 88.4 Å². The summed E-state index contributed by atoms with van der Waals surface area (Å²) in [5, 5.41) is 0. The zero-order chi connectivity index (χ0) is 9.94. The molecule has 0 aromatic carbocycles. The standard InChI is InChI=1S/C11H24ClN/c1-3-5-7-9-11(13-12)10-8-6-4-2/h11,13H,3-10H2,1-2H3. The minimum Gasteiger partial charge on any atom is -0.230 e. The Hall–Kier alpha value is 0.250. The third kappa shape index (κ3) is 8.58. The average Bonchev–Trinajstić information content (AvgIpc) is 2.16. The van der Waals surface area contributed by atoms with E-state index in [0.717, 1.165) is 0 Å². The Morgan fingerprint density at radius 1 is 0.923 bits per heavy atom. The number of hydrogen-bond acceptors (Lipinski definition) is 1. The van der Waals surface area contributed by atoms with Gasteiger partial charge in [-0.15, -0.1) is 0 Å². The van der Waals surface area contributed by atoms with E-state index in [4.69, 9.17) is 11.8 Å². The van der Waals surface area contributed by atoms with E-state index in [-0.39, 0.29) is 0 Å². The highest BCUT2D eigenvalue weighted by Crippen LogP contribution is 2.11. The summed E-state index contributed by atoms with van der Waals surface area (Å²) < 4.78 is 0. The van der Waals surface area contributed by atoms with Crippen LogP contribution in [0.2, 0.25) is 0 Å². The molecule has 0 aromatic heterocycles. The Kier molecular flexibility index (Phi) is 10.5. The molecule has 0 heterocycles. The first-order valence-electron chi connectivity index (χ1n) is 5.71. The van der Waals surface area contributed by atoms with E-state index in [2.05, 4.69) is 18.7 Å². The van der Waals surface area contributed by atoms with Gasteiger partial charge in [-0.05, 0) is 24.6 Å². The Morgan fingerprint density at radius 2 is 1.38 bits per heavy atom. The topological polar surface area (TPSA) is 12.0 Å². The average molecular weight is 206 g/mol. The van der Waals surface area contributed by atoms with Gasteiger partial charge in [0.2, 0.25) is 0 Å². The highest BCUT2D eigenvalue weighted by Gasteiger charge is 2.05. The molecule has 80 valence electrons. The number of unbranched alkanes of at least 4 members (excludes halogenated alkanes) is 4. The zero-order valence-corrected chi connectivity index (χ0v) is 9.87. The van der Waals surface area contributed by atoms with Crippen LogP contribution in [-0.4, -0.2) is 6.04 Å². The predicted octanol–water partition coefficient (Wildman–Crippen LogP) is 4.26. The molecule has 0 saturated carbocycles. The number of nitrogens with one attached hydrogen (secondary N) is 1. The lowest BCUT2D eigenvalue weighted by Gasteiger charge is -2.13. The molecule has 0 saturated heterocycles. The van der Waals surface area contributed by atoms with Gasteiger partial charge in [0.05, 0.1) is 0 Å². The SMILES string of the molecule is CCCCCC(CCCCC)NCl. The Bertz CT molecular complexity index is 86.1. The van der Waals surface area contributed by atoms with Gasteiger partial charge in [0.15, 0.2) is 0 Å². The summed E-state index contributed by atoms with van der Waals surface area (Å²) in [5.41, 5.74) is 0. The number of hydrogen-bond donors (Lipinski definition) is 1. The van der Waals surface area contributed by atoms with E-state index in [1.807, 2.05) is 0 Å². The Balaban J connectivity index is 3.28. The van der Waals surface area contributed by atoms with E-state index in [9.17, 15) is 0 Å². The van der Waals surface area contributed by atoms with Gasteiger partial charge in [-0.1, -0.05) is 52.4 Å². The molecular formula is C11H24ClN. The molecule has 0 fully saturated rings. The van der Waals surface area contributed by atoms with Crippen molar-refractivity contribution in [3.8, 4) is 0 Å². The monoisotopic (exact) mass is 205 g/mol. The van der Waals surface area contributed by atoms with E-state index in [1.54, 1.807) is 0 Å². The summed E-state index contributed by atoms with van der Waals surface area (Å²) in [6, 6.07) is 0.541. The molecule has 0 aromatic rings. The van der Waals surface area contributed by atoms with Crippen molar-refractivity contribution >= 4 is 11.8 Å². The summed E-state index contributed by atoms with van der Waals surface area (Å²) in [6.45, 7) is 4.47. The molecule has 2 heteroatoms. The van der Waals surface area contributed by atoms with Crippen LogP contribution in [0, 0.1) is 0 Å². The minimum absolute atomic E-state index is 0.541. The molecule has 0 rings (SSSR count). The van der Waals surface area contributed by atoms with Gasteiger partial charge in [0.1, 0.15) is 0 Å². The van der Waals surface area contributed by atoms with Crippen LogP contribution in [0.25, 0.3) is 0 Å². The highest BCUT2D eigenvalue weighted by molar-refractivity contribution is 6.13. The van der Waals surface area contributed by atoms with Gasteiger partial charge in [0.25, 0.3) is 0 Å². The van der Waals surface area contributed by atoms with Crippen molar-refractivity contribution < 1.29 is 0 Å². The molecule has 0 amide bonds. The van der Waals surface area contributed by atoms with E-state index in [1.165, 1.54) is 51.4 Å². The normalized spacial score (nSPS) is 11.1. The molecular weight excluding hydrogens is 182 g/mol. The molecule has 13 heavy (non-hydrogen) atoms. The molecule has 0 spiro atoms. The zero-order valence-electron chi connectivity index (χ0n) is 9.11. The van der Waals surface area contributed by atoms with E-state index in [0.29, 0.717) is 6.04 Å². The maximum atomic E-state index is 5.68. The lowest BCUT2D eigenvalue weighted by Crippen LogP contribution is -2.20. The maximum Gasteiger partial charge on any atom is 0.0220 e. The van der Waals surface area contributed by atoms with Crippen LogP contribution in [-0.2, 0) is 0 Å². The molecule has 0 bridgehead atoms. The lowest BCUT2D eigenvalue weighted by molar-refractivity contribution is 0.478. The lowest BCUT2D eigenvalue weighted by atomic mass is 10.0. The van der Waals surface area contributed by atoms with Crippen molar-refractivity contribution in [1.29, 1.82) is 0 Å². The summed E-state index contributed by atoms with van der Waals surface area (Å²) in [5.74, 6) is 0. The molecule has 0 atom stereocenters. The van der Waals surface area contributed by atoms with Gasteiger partial charge in [-0.25, -0.2) is 4.84 Å². The molecule has 0 aliphatic heterocycles. The van der Waals surface area contributed by atoms with Crippen LogP contribution in [0.1, 0.15) is 65.2 Å². The van der Waals surface area contributed by atoms with Crippen molar-refractivity contribution in [2.75, 3.05) is 0 Å². The van der Waals surface area contributed by atoms with Gasteiger partial charge in [0, 0.05) is 6.04 Å². The fourth-order valence-corrected chi connectivity index (χ4v) is 1.75. The summed E-state index contributed by atoms with van der Waals surface area (Å²) in [4.78, 5) is 2.89. The minimum atomic E-state index is 0.541. The van der Waals surface area contributed by atoms with Crippen molar-refractivity contribution in [3.05, 3.63) is 0 Å². The van der Waals surface area contributed by atoms with Crippen LogP contribution in [0.15, 0.2) is 0 Å². The van der Waals surface area contributed by atoms with Crippen molar-refractivity contribution in [2.24, 2.45) is 0 Å². The van der Waals surface area contributed by atoms with Gasteiger partial charge in [-0.3, -0.25) is 0 Å². The fraction of sp³-hybridized carbons (Fsp3) is 1.00. The third-order valence-corrected chi connectivity index (χ3v) is 2.78. The molecule has 1 nitrogen and oxygen atoms in total. The summed E-state index contributed by atoms with van der Waals surface area (Å²) in [7, 11) is 0. The second kappa shape index (κ2) is 10.3. The molecule has 0 aliphatic rings. The van der Waals surface area contributed by atoms with Crippen LogP contribution >= 0.6 is 11.8 Å². The first-order valence-corrected chi connectivity index (χ1v) is 6.09. The first-order chi connectivity index (χ1) is 6.35. The van der Waals surface area contributed by atoms with E-state index < -0.39 is 0 Å². The van der Waals surface area contributed by atoms with Gasteiger partial charge >= 0.3 is 0 Å². The smallest absolute Gasteiger partial charge is 0.0220 e. The van der Waals surface area contributed by atoms with Crippen LogP contribution in [0.3, 0.4) is 0 Å². The summed E-state index contributed by atoms with van der Waals surface area (Å²) in [6.07, 6.45) is 10.4. The summed E-state index contributed by atoms with van der Waals surface area (Å²) >= 11 is 5.68. The first kappa shape index (κ1) is 13.2. The quantitative estimate of drug-likeness (QED) is 0.438. The maximum absolute atomic E-state index is 5.68. The van der Waals surface area contributed by atoms with Gasteiger partial charge < -0.3 is 0 Å². The van der Waals surface area contributed by atoms with Crippen molar-refractivity contribution in [3.63, 3.8) is 0 Å². The number of halogens is 1. The van der Waals surface area contributed by atoms with Crippen molar-refractivity contribution in [1.82, 2.24) is 4.84 Å². The van der Waals surface area contributed by atoms with Gasteiger partial charge in [-0.2, -0.15) is 0 Å². The van der Waals surface area contributed by atoms with Crippen molar-refractivity contribution in [2.45, 2.75) is 71.3 Å². The third-order valence-electron chi connectivity index (χ3n) is 2.47. The largest absolute Gasteiger partial charge is 0.230 e. The molecule has 1 N–H and O–H groups in total. The molecule has 0 unspecified atom stereocenters. The highest BCUT2D eigenvalue weighted by atomic mass is 35.5.